The van der Waals surface area contributed by atoms with Crippen LogP contribution in [0, 0.1) is 0 Å². The molecule has 0 radical (unpaired) electrons. The molecule has 3 nitrogen and oxygen atoms in total. The molecule has 124 valence electrons. The van der Waals surface area contributed by atoms with E-state index in [0.29, 0.717) is 16.5 Å². The van der Waals surface area contributed by atoms with E-state index in [2.05, 4.69) is 0 Å². The number of para-hydroxylation sites is 2. The summed E-state index contributed by atoms with van der Waals surface area (Å²) in [6.45, 7) is 0.206. The molecule has 1 aliphatic rings. The molecule has 0 bridgehead atoms. The number of ether oxygens (including phenoxy) is 2. The molecule has 0 atom stereocenters. The number of halogens is 1. The summed E-state index contributed by atoms with van der Waals surface area (Å²) in [6.07, 6.45) is 0. The maximum atomic E-state index is 12.9. The van der Waals surface area contributed by atoms with Crippen molar-refractivity contribution in [3.63, 3.8) is 0 Å². The summed E-state index contributed by atoms with van der Waals surface area (Å²) >= 11 is 5.89. The molecule has 1 heterocycles. The van der Waals surface area contributed by atoms with Gasteiger partial charge in [-0.2, -0.15) is 0 Å². The van der Waals surface area contributed by atoms with E-state index >= 15 is 0 Å². The van der Waals surface area contributed by atoms with Crippen molar-refractivity contribution in [1.82, 2.24) is 0 Å². The number of esters is 1. The highest BCUT2D eigenvalue weighted by atomic mass is 35.5. The van der Waals surface area contributed by atoms with Crippen LogP contribution < -0.4 is 4.74 Å². The molecular formula is C21H15ClO3. The fourth-order valence-corrected chi connectivity index (χ4v) is 3.11. The minimum Gasteiger partial charge on any atom is -0.460 e. The first-order valence-electron chi connectivity index (χ1n) is 7.99. The summed E-state index contributed by atoms with van der Waals surface area (Å²) in [5.41, 5.74) is 2.54. The van der Waals surface area contributed by atoms with Gasteiger partial charge >= 0.3 is 5.97 Å². The molecule has 4 rings (SSSR count). The molecule has 0 spiro atoms. The predicted molar refractivity (Wildman–Crippen MR) is 96.0 cm³/mol. The van der Waals surface area contributed by atoms with Gasteiger partial charge in [-0.25, -0.2) is 0 Å². The number of benzene rings is 3. The van der Waals surface area contributed by atoms with Crippen molar-refractivity contribution in [1.29, 1.82) is 0 Å². The van der Waals surface area contributed by atoms with Crippen molar-refractivity contribution < 1.29 is 14.3 Å². The zero-order chi connectivity index (χ0) is 17.2. The van der Waals surface area contributed by atoms with Crippen LogP contribution in [0.3, 0.4) is 0 Å². The Labute approximate surface area is 150 Å². The Balaban J connectivity index is 1.62. The Hall–Kier alpha value is -2.78. The second kappa shape index (κ2) is 6.61. The van der Waals surface area contributed by atoms with Crippen LogP contribution in [-0.2, 0) is 16.1 Å². The molecule has 0 aromatic heterocycles. The number of fused-ring (bicyclic) bond motifs is 2. The average Bonchev–Trinajstić information content (AvgIpc) is 2.65. The first-order valence-corrected chi connectivity index (χ1v) is 8.37. The van der Waals surface area contributed by atoms with E-state index in [1.807, 2.05) is 60.7 Å². The lowest BCUT2D eigenvalue weighted by Gasteiger charge is -2.26. The highest BCUT2D eigenvalue weighted by Gasteiger charge is 2.33. The van der Waals surface area contributed by atoms with E-state index < -0.39 is 5.92 Å². The maximum absolute atomic E-state index is 12.9. The lowest BCUT2D eigenvalue weighted by Crippen LogP contribution is -2.21. The van der Waals surface area contributed by atoms with Crippen molar-refractivity contribution in [2.24, 2.45) is 0 Å². The van der Waals surface area contributed by atoms with E-state index in [1.54, 1.807) is 12.1 Å². The van der Waals surface area contributed by atoms with Gasteiger partial charge in [0.1, 0.15) is 24.0 Å². The molecule has 0 fully saturated rings. The molecular weight excluding hydrogens is 336 g/mol. The number of carbonyl (C=O) groups excluding carboxylic acids is 1. The van der Waals surface area contributed by atoms with Crippen molar-refractivity contribution in [2.75, 3.05) is 0 Å². The maximum Gasteiger partial charge on any atom is 0.318 e. The van der Waals surface area contributed by atoms with Crippen molar-refractivity contribution >= 4 is 17.6 Å². The Bertz CT molecular complexity index is 873. The molecule has 4 heteroatoms. The van der Waals surface area contributed by atoms with Crippen LogP contribution in [0.25, 0.3) is 0 Å². The fourth-order valence-electron chi connectivity index (χ4n) is 2.98. The van der Waals surface area contributed by atoms with Crippen LogP contribution in [-0.4, -0.2) is 5.97 Å². The van der Waals surface area contributed by atoms with Crippen molar-refractivity contribution in [3.05, 3.63) is 94.5 Å². The molecule has 0 saturated heterocycles. The largest absolute Gasteiger partial charge is 0.460 e. The van der Waals surface area contributed by atoms with E-state index in [1.165, 1.54) is 0 Å². The Morgan fingerprint density at radius 3 is 2.04 bits per heavy atom. The molecule has 0 saturated carbocycles. The predicted octanol–water partition coefficient (Wildman–Crippen LogP) is 5.32. The van der Waals surface area contributed by atoms with Gasteiger partial charge in [0, 0.05) is 16.1 Å². The molecule has 0 aliphatic carbocycles. The summed E-state index contributed by atoms with van der Waals surface area (Å²) < 4.78 is 11.5. The summed E-state index contributed by atoms with van der Waals surface area (Å²) in [5.74, 6) is 0.593. The van der Waals surface area contributed by atoms with Crippen LogP contribution in [0.5, 0.6) is 11.5 Å². The molecule has 1 aliphatic heterocycles. The lowest BCUT2D eigenvalue weighted by atomic mass is 9.88. The molecule has 0 unspecified atom stereocenters. The van der Waals surface area contributed by atoms with Crippen LogP contribution >= 0.6 is 11.6 Å². The molecule has 3 aromatic rings. The standard InChI is InChI=1S/C21H15ClO3/c22-15-11-9-14(10-12-15)13-24-21(23)20-16-5-1-3-7-18(16)25-19-8-4-2-6-17(19)20/h1-12,20H,13H2. The number of carbonyl (C=O) groups is 1. The van der Waals surface area contributed by atoms with Crippen LogP contribution in [0.4, 0.5) is 0 Å². The van der Waals surface area contributed by atoms with Gasteiger partial charge in [0.05, 0.1) is 0 Å². The first-order chi connectivity index (χ1) is 12.2. The fraction of sp³-hybridized carbons (Fsp3) is 0.0952. The Morgan fingerprint density at radius 1 is 0.880 bits per heavy atom. The second-order valence-corrected chi connectivity index (χ2v) is 6.28. The van der Waals surface area contributed by atoms with Crippen LogP contribution in [0.1, 0.15) is 22.6 Å². The topological polar surface area (TPSA) is 35.5 Å². The summed E-state index contributed by atoms with van der Waals surface area (Å²) in [4.78, 5) is 12.9. The quantitative estimate of drug-likeness (QED) is 0.599. The van der Waals surface area contributed by atoms with Gasteiger partial charge in [-0.15, -0.1) is 0 Å². The molecule has 25 heavy (non-hydrogen) atoms. The Morgan fingerprint density at radius 2 is 1.44 bits per heavy atom. The van der Waals surface area contributed by atoms with Gasteiger partial charge in [-0.1, -0.05) is 60.1 Å². The van der Waals surface area contributed by atoms with Gasteiger partial charge in [0.25, 0.3) is 0 Å². The smallest absolute Gasteiger partial charge is 0.318 e. The number of hydrogen-bond acceptors (Lipinski definition) is 3. The lowest BCUT2D eigenvalue weighted by molar-refractivity contribution is -0.145. The number of rotatable bonds is 3. The van der Waals surface area contributed by atoms with E-state index in [4.69, 9.17) is 21.1 Å². The normalized spacial score (nSPS) is 12.7. The summed E-state index contributed by atoms with van der Waals surface area (Å²) in [5, 5.41) is 0.655. The van der Waals surface area contributed by atoms with E-state index in [9.17, 15) is 4.79 Å². The third-order valence-electron chi connectivity index (χ3n) is 4.21. The summed E-state index contributed by atoms with van der Waals surface area (Å²) in [7, 11) is 0. The Kier molecular flexibility index (Phi) is 4.16. The van der Waals surface area contributed by atoms with Gasteiger partial charge in [0.2, 0.25) is 0 Å². The third kappa shape index (κ3) is 3.11. The van der Waals surface area contributed by atoms with Crippen molar-refractivity contribution in [3.8, 4) is 11.5 Å². The minimum atomic E-state index is -0.492. The van der Waals surface area contributed by atoms with E-state index in [-0.39, 0.29) is 12.6 Å². The molecule has 0 amide bonds. The third-order valence-corrected chi connectivity index (χ3v) is 4.46. The van der Waals surface area contributed by atoms with Gasteiger partial charge < -0.3 is 9.47 Å². The SMILES string of the molecule is O=C(OCc1ccc(Cl)cc1)C1c2ccccc2Oc2ccccc21. The van der Waals surface area contributed by atoms with Crippen molar-refractivity contribution in [2.45, 2.75) is 12.5 Å². The first kappa shape index (κ1) is 15.7. The van der Waals surface area contributed by atoms with Crippen LogP contribution in [0.15, 0.2) is 72.8 Å². The monoisotopic (exact) mass is 350 g/mol. The highest BCUT2D eigenvalue weighted by molar-refractivity contribution is 6.30. The molecule has 0 N–H and O–H groups in total. The van der Waals surface area contributed by atoms with Gasteiger partial charge in [-0.05, 0) is 29.8 Å². The zero-order valence-corrected chi connectivity index (χ0v) is 14.1. The van der Waals surface area contributed by atoms with E-state index in [0.717, 1.165) is 16.7 Å². The van der Waals surface area contributed by atoms with Crippen LogP contribution in [0.2, 0.25) is 5.02 Å². The second-order valence-electron chi connectivity index (χ2n) is 5.84. The molecule has 3 aromatic carbocycles. The average molecular weight is 351 g/mol. The highest BCUT2D eigenvalue weighted by Crippen LogP contribution is 2.44. The summed E-state index contributed by atoms with van der Waals surface area (Å²) in [6, 6.07) is 22.4. The minimum absolute atomic E-state index is 0.206. The zero-order valence-electron chi connectivity index (χ0n) is 13.3. The van der Waals surface area contributed by atoms with Gasteiger partial charge in [0.15, 0.2) is 0 Å². The number of hydrogen-bond donors (Lipinski definition) is 0. The van der Waals surface area contributed by atoms with Gasteiger partial charge in [-0.3, -0.25) is 4.79 Å².